The van der Waals surface area contributed by atoms with E-state index in [4.69, 9.17) is 0 Å². The first-order valence-corrected chi connectivity index (χ1v) is 12.3. The average Bonchev–Trinajstić information content (AvgIpc) is 3.61. The summed E-state index contributed by atoms with van der Waals surface area (Å²) in [5, 5.41) is 18.7. The van der Waals surface area contributed by atoms with Gasteiger partial charge in [-0.25, -0.2) is 28.5 Å². The Morgan fingerprint density at radius 3 is 2.51 bits per heavy atom. The summed E-state index contributed by atoms with van der Waals surface area (Å²) in [7, 11) is 0. The van der Waals surface area contributed by atoms with Crippen LogP contribution in [-0.4, -0.2) is 57.9 Å². The molecule has 1 aliphatic rings. The molecule has 11 nitrogen and oxygen atoms in total. The summed E-state index contributed by atoms with van der Waals surface area (Å²) in [6, 6.07) is 6.56. The van der Waals surface area contributed by atoms with E-state index in [0.29, 0.717) is 34.5 Å². The van der Waals surface area contributed by atoms with Gasteiger partial charge in [-0.05, 0) is 52.9 Å². The van der Waals surface area contributed by atoms with Crippen LogP contribution in [0.15, 0.2) is 55.4 Å². The number of imidazole rings is 1. The molecule has 1 aromatic carbocycles. The van der Waals surface area contributed by atoms with Gasteiger partial charge in [-0.15, -0.1) is 5.10 Å². The number of hydrogen-bond acceptors (Lipinski definition) is 9. The van der Waals surface area contributed by atoms with Crippen LogP contribution >= 0.6 is 0 Å². The number of tetrazole rings is 1. The number of fused-ring (bicyclic) bond motifs is 1. The molecule has 4 aromatic heterocycles. The van der Waals surface area contributed by atoms with Gasteiger partial charge in [0, 0.05) is 37.5 Å². The van der Waals surface area contributed by atoms with Crippen molar-refractivity contribution in [3.8, 4) is 5.69 Å². The molecule has 12 heteroatoms. The lowest BCUT2D eigenvalue weighted by molar-refractivity contribution is 0.483. The predicted octanol–water partition coefficient (Wildman–Crippen LogP) is 3.89. The molecule has 1 saturated heterocycles. The minimum atomic E-state index is -0.425. The van der Waals surface area contributed by atoms with Crippen LogP contribution in [-0.2, 0) is 0 Å². The van der Waals surface area contributed by atoms with Crippen molar-refractivity contribution in [2.24, 2.45) is 0 Å². The van der Waals surface area contributed by atoms with E-state index in [1.54, 1.807) is 24.4 Å². The maximum Gasteiger partial charge on any atom is 0.225 e. The van der Waals surface area contributed by atoms with Crippen LogP contribution < -0.4 is 10.2 Å². The molecule has 1 aliphatic heterocycles. The predicted molar refractivity (Wildman–Crippen MR) is 136 cm³/mol. The topological polar surface area (TPSA) is 115 Å². The Labute approximate surface area is 212 Å². The van der Waals surface area contributed by atoms with Crippen LogP contribution in [0.1, 0.15) is 49.8 Å². The second kappa shape index (κ2) is 9.52. The van der Waals surface area contributed by atoms with Gasteiger partial charge in [0.15, 0.2) is 5.65 Å². The first kappa shape index (κ1) is 23.0. The van der Waals surface area contributed by atoms with Crippen molar-refractivity contribution in [3.05, 3.63) is 72.5 Å². The van der Waals surface area contributed by atoms with Gasteiger partial charge >= 0.3 is 0 Å². The van der Waals surface area contributed by atoms with Gasteiger partial charge in [-0.2, -0.15) is 5.10 Å². The van der Waals surface area contributed by atoms with Crippen LogP contribution in [0.3, 0.4) is 0 Å². The van der Waals surface area contributed by atoms with Crippen molar-refractivity contribution >= 4 is 23.0 Å². The van der Waals surface area contributed by atoms with E-state index in [1.807, 2.05) is 23.1 Å². The Kier molecular flexibility index (Phi) is 5.91. The molecule has 37 heavy (non-hydrogen) atoms. The summed E-state index contributed by atoms with van der Waals surface area (Å²) < 4.78 is 18.1. The molecule has 1 N–H and O–H groups in total. The molecule has 1 fully saturated rings. The lowest BCUT2D eigenvalue weighted by Gasteiger charge is -2.31. The molecule has 0 unspecified atom stereocenters. The Hall–Kier alpha value is -4.48. The minimum Gasteiger partial charge on any atom is -0.350 e. The van der Waals surface area contributed by atoms with Gasteiger partial charge in [0.05, 0.1) is 35.1 Å². The standard InChI is InChI=1S/C25H26FN11/c1-16(2)18-12-28-25(29-13-18)35-9-6-17(7-10-35)23-14-27-24-22(5-8-31-37(23)24)32-21-4-3-19(11-20(21)26)36-15-30-33-34-36/h3-5,8,11-17,32H,6-7,9-10H2,1-2H3. The molecule has 5 aromatic rings. The number of nitrogens with zero attached hydrogens (tertiary/aromatic N) is 10. The molecular weight excluding hydrogens is 473 g/mol. The third kappa shape index (κ3) is 4.46. The maximum absolute atomic E-state index is 14.9. The molecule has 0 atom stereocenters. The number of rotatable bonds is 6. The third-order valence-corrected chi connectivity index (χ3v) is 6.79. The smallest absolute Gasteiger partial charge is 0.225 e. The van der Waals surface area contributed by atoms with Crippen LogP contribution in [0.2, 0.25) is 0 Å². The normalized spacial score (nSPS) is 14.5. The second-order valence-corrected chi connectivity index (χ2v) is 9.44. The van der Waals surface area contributed by atoms with Crippen LogP contribution in [0, 0.1) is 5.82 Å². The maximum atomic E-state index is 14.9. The quantitative estimate of drug-likeness (QED) is 0.372. The zero-order valence-electron chi connectivity index (χ0n) is 20.5. The monoisotopic (exact) mass is 499 g/mol. The first-order chi connectivity index (χ1) is 18.1. The third-order valence-electron chi connectivity index (χ3n) is 6.79. The molecule has 0 spiro atoms. The average molecular weight is 500 g/mol. The van der Waals surface area contributed by atoms with E-state index in [0.717, 1.165) is 43.1 Å². The number of aromatic nitrogens is 9. The van der Waals surface area contributed by atoms with Crippen molar-refractivity contribution in [2.75, 3.05) is 23.3 Å². The lowest BCUT2D eigenvalue weighted by Crippen LogP contribution is -2.34. The van der Waals surface area contributed by atoms with Crippen molar-refractivity contribution in [1.29, 1.82) is 0 Å². The molecule has 5 heterocycles. The number of nitrogens with one attached hydrogen (secondary N) is 1. The van der Waals surface area contributed by atoms with Crippen molar-refractivity contribution in [1.82, 2.24) is 44.8 Å². The number of piperidine rings is 1. The summed E-state index contributed by atoms with van der Waals surface area (Å²) in [6.45, 7) is 5.99. The fraction of sp³-hybridized carbons (Fsp3) is 0.320. The highest BCUT2D eigenvalue weighted by atomic mass is 19.1. The zero-order valence-corrected chi connectivity index (χ0v) is 20.5. The molecule has 0 saturated carbocycles. The van der Waals surface area contributed by atoms with Gasteiger partial charge in [-0.3, -0.25) is 0 Å². The number of halogens is 1. The highest BCUT2D eigenvalue weighted by Gasteiger charge is 2.25. The largest absolute Gasteiger partial charge is 0.350 e. The fourth-order valence-electron chi connectivity index (χ4n) is 4.63. The van der Waals surface area contributed by atoms with E-state index in [-0.39, 0.29) is 0 Å². The summed E-state index contributed by atoms with van der Waals surface area (Å²) in [5.74, 6) is 1.07. The number of anilines is 3. The van der Waals surface area contributed by atoms with Gasteiger partial charge in [0.1, 0.15) is 12.1 Å². The Morgan fingerprint density at radius 2 is 1.81 bits per heavy atom. The summed E-state index contributed by atoms with van der Waals surface area (Å²) >= 11 is 0. The van der Waals surface area contributed by atoms with Crippen molar-refractivity contribution in [3.63, 3.8) is 0 Å². The Balaban J connectivity index is 1.18. The Morgan fingerprint density at radius 1 is 1.00 bits per heavy atom. The molecule has 0 aliphatic carbocycles. The van der Waals surface area contributed by atoms with E-state index < -0.39 is 5.82 Å². The van der Waals surface area contributed by atoms with Gasteiger partial charge in [0.25, 0.3) is 0 Å². The number of hydrogen-bond donors (Lipinski definition) is 1. The summed E-state index contributed by atoms with van der Waals surface area (Å²) in [6.07, 6.45) is 10.7. The summed E-state index contributed by atoms with van der Waals surface area (Å²) in [4.78, 5) is 16.0. The van der Waals surface area contributed by atoms with Crippen molar-refractivity contribution < 1.29 is 4.39 Å². The number of benzene rings is 1. The molecule has 188 valence electrons. The van der Waals surface area contributed by atoms with E-state index >= 15 is 0 Å². The van der Waals surface area contributed by atoms with E-state index in [9.17, 15) is 4.39 Å². The van der Waals surface area contributed by atoms with E-state index in [2.05, 4.69) is 59.6 Å². The molecule has 6 rings (SSSR count). The van der Waals surface area contributed by atoms with Gasteiger partial charge in [-0.1, -0.05) is 13.8 Å². The highest BCUT2D eigenvalue weighted by molar-refractivity contribution is 5.74. The molecule has 0 radical (unpaired) electrons. The fourth-order valence-corrected chi connectivity index (χ4v) is 4.63. The van der Waals surface area contributed by atoms with Crippen LogP contribution in [0.4, 0.5) is 21.7 Å². The molecule has 0 bridgehead atoms. The van der Waals surface area contributed by atoms with Crippen LogP contribution in [0.25, 0.3) is 11.3 Å². The van der Waals surface area contributed by atoms with Crippen LogP contribution in [0.5, 0.6) is 0 Å². The first-order valence-electron chi connectivity index (χ1n) is 12.3. The van der Waals surface area contributed by atoms with Gasteiger partial charge < -0.3 is 10.2 Å². The lowest BCUT2D eigenvalue weighted by atomic mass is 9.94. The SMILES string of the molecule is CC(C)c1cnc(N2CCC(c3cnc4c(Nc5ccc(-n6cnnn6)cc5F)ccnn34)CC2)nc1. The second-order valence-electron chi connectivity index (χ2n) is 9.44. The van der Waals surface area contributed by atoms with E-state index in [1.165, 1.54) is 17.1 Å². The summed E-state index contributed by atoms with van der Waals surface area (Å²) in [5.41, 5.74) is 4.37. The molecular formula is C25H26FN11. The van der Waals surface area contributed by atoms with Gasteiger partial charge in [0.2, 0.25) is 5.95 Å². The Bertz CT molecular complexity index is 1500. The minimum absolute atomic E-state index is 0.302. The zero-order chi connectivity index (χ0) is 25.4. The van der Waals surface area contributed by atoms with Crippen molar-refractivity contribution in [2.45, 2.75) is 38.5 Å². The molecule has 0 amide bonds. The highest BCUT2D eigenvalue weighted by Crippen LogP contribution is 2.32.